The molecule has 4 aliphatic rings. The van der Waals surface area contributed by atoms with Crippen molar-refractivity contribution in [3.8, 4) is 39.8 Å². The molecule has 10 bridgehead atoms. The van der Waals surface area contributed by atoms with Gasteiger partial charge < -0.3 is 39.6 Å². The Morgan fingerprint density at radius 1 is 1.04 bits per heavy atom. The average Bonchev–Trinajstić information content (AvgIpc) is 3.94. The van der Waals surface area contributed by atoms with Gasteiger partial charge in [0.05, 0.1) is 5.56 Å². The number of H-pyrrole nitrogens is 1. The van der Waals surface area contributed by atoms with Crippen LogP contribution >= 0.6 is 39.1 Å². The largest absolute Gasteiger partial charge is 0.469 e. The van der Waals surface area contributed by atoms with E-state index in [1.807, 2.05) is 56.3 Å². The number of benzene rings is 3. The molecule has 280 valence electrons. The van der Waals surface area contributed by atoms with Gasteiger partial charge in [0.25, 0.3) is 5.89 Å². The van der Waals surface area contributed by atoms with Crippen molar-refractivity contribution in [3.63, 3.8) is 0 Å². The molecular weight excluding hydrogens is 811 g/mol. The number of aliphatic hydroxyl groups excluding tert-OH is 1. The Bertz CT molecular complexity index is 2650. The first-order valence-electron chi connectivity index (χ1n) is 18.0. The minimum absolute atomic E-state index is 0.0791. The summed E-state index contributed by atoms with van der Waals surface area (Å²) in [4.78, 5) is 40.6. The van der Waals surface area contributed by atoms with E-state index in [-0.39, 0.29) is 46.6 Å². The van der Waals surface area contributed by atoms with Gasteiger partial charge >= 0.3 is 0 Å². The van der Waals surface area contributed by atoms with Crippen LogP contribution in [0.4, 0.5) is 5.69 Å². The molecule has 3 aromatic carbocycles. The molecule has 15 heteroatoms. The summed E-state index contributed by atoms with van der Waals surface area (Å²) in [6.45, 7) is 7.35. The number of nitrogens with one attached hydrogen (secondary N) is 4. The van der Waals surface area contributed by atoms with Crippen LogP contribution in [-0.4, -0.2) is 50.2 Å². The number of hydrogen-bond acceptors (Lipinski definition) is 9. The molecule has 0 saturated heterocycles. The van der Waals surface area contributed by atoms with E-state index in [0.29, 0.717) is 22.2 Å². The fourth-order valence-electron chi connectivity index (χ4n) is 8.54. The smallest absolute Gasteiger partial charge is 0.250 e. The third-order valence-electron chi connectivity index (χ3n) is 11.2. The molecule has 10 rings (SSSR count). The number of halogens is 3. The van der Waals surface area contributed by atoms with Gasteiger partial charge in [0, 0.05) is 44.2 Å². The van der Waals surface area contributed by atoms with Crippen molar-refractivity contribution < 1.29 is 28.3 Å². The first kappa shape index (κ1) is 34.7. The van der Waals surface area contributed by atoms with Gasteiger partial charge in [0.15, 0.2) is 28.6 Å². The predicted molar refractivity (Wildman–Crippen MR) is 209 cm³/mol. The maximum Gasteiger partial charge on any atom is 0.250 e. The summed E-state index contributed by atoms with van der Waals surface area (Å²) in [5, 5.41) is 21.5. The minimum Gasteiger partial charge on any atom is -0.469 e. The number of fused-ring (bicyclic) bond motifs is 7. The number of aromatic amines is 1. The monoisotopic (exact) mass is 842 g/mol. The normalized spacial score (nSPS) is 22.1. The second-order valence-corrected chi connectivity index (χ2v) is 16.9. The highest BCUT2D eigenvalue weighted by atomic mass is 79.9. The summed E-state index contributed by atoms with van der Waals surface area (Å²) in [6, 6.07) is 13.9. The molecule has 0 saturated carbocycles. The van der Waals surface area contributed by atoms with E-state index in [0.717, 1.165) is 48.9 Å². The van der Waals surface area contributed by atoms with E-state index in [2.05, 4.69) is 42.9 Å². The Morgan fingerprint density at radius 3 is 2.64 bits per heavy atom. The summed E-state index contributed by atoms with van der Waals surface area (Å²) in [7, 11) is 0. The summed E-state index contributed by atoms with van der Waals surface area (Å²) in [6.07, 6.45) is -1.91. The molecule has 4 aliphatic heterocycles. The number of amides is 2. The molecule has 7 heterocycles. The van der Waals surface area contributed by atoms with Crippen LogP contribution in [0.2, 0.25) is 10.3 Å². The number of carbonyl (C=O) groups excluding carboxylic acids is 2. The van der Waals surface area contributed by atoms with E-state index < -0.39 is 41.6 Å². The highest BCUT2D eigenvalue weighted by molar-refractivity contribution is 9.10. The molecule has 5 N–H and O–H groups in total. The average molecular weight is 845 g/mol. The second-order valence-electron chi connectivity index (χ2n) is 15.3. The van der Waals surface area contributed by atoms with Crippen LogP contribution < -0.4 is 20.7 Å². The number of aromatic nitrogens is 3. The van der Waals surface area contributed by atoms with Gasteiger partial charge in [0.1, 0.15) is 34.5 Å². The van der Waals surface area contributed by atoms with Gasteiger partial charge in [0.2, 0.25) is 17.7 Å². The van der Waals surface area contributed by atoms with Gasteiger partial charge in [-0.3, -0.25) is 9.59 Å². The molecule has 0 radical (unpaired) electrons. The van der Waals surface area contributed by atoms with Crippen LogP contribution in [0.5, 0.6) is 5.75 Å². The molecule has 0 aliphatic carbocycles. The number of ether oxygens (including phenoxy) is 1. The zero-order chi connectivity index (χ0) is 38.2. The molecule has 3 aromatic heterocycles. The van der Waals surface area contributed by atoms with E-state index in [1.165, 1.54) is 0 Å². The fourth-order valence-corrected chi connectivity index (χ4v) is 9.49. The summed E-state index contributed by atoms with van der Waals surface area (Å²) < 4.78 is 21.2. The van der Waals surface area contributed by atoms with Crippen molar-refractivity contribution in [1.29, 1.82) is 0 Å². The van der Waals surface area contributed by atoms with Gasteiger partial charge in [-0.05, 0) is 47.2 Å². The van der Waals surface area contributed by atoms with Crippen LogP contribution in [0, 0.1) is 11.8 Å². The third-order valence-corrected chi connectivity index (χ3v) is 12.2. The lowest BCUT2D eigenvalue weighted by molar-refractivity contribution is -0.135. The molecule has 6 aromatic rings. The number of rotatable bonds is 4. The lowest BCUT2D eigenvalue weighted by atomic mass is 9.72. The third kappa shape index (κ3) is 4.85. The predicted octanol–water partition coefficient (Wildman–Crippen LogP) is 7.88. The maximum absolute atomic E-state index is 14.2. The van der Waals surface area contributed by atoms with E-state index in [9.17, 15) is 14.7 Å². The van der Waals surface area contributed by atoms with Crippen LogP contribution in [-0.2, 0) is 21.4 Å². The van der Waals surface area contributed by atoms with E-state index in [4.69, 9.17) is 46.7 Å². The summed E-state index contributed by atoms with van der Waals surface area (Å²) in [5.74, 6) is -0.183. The quantitative estimate of drug-likeness (QED) is 0.119. The zero-order valence-electron chi connectivity index (χ0n) is 29.8. The highest BCUT2D eigenvalue weighted by Crippen LogP contribution is 2.62. The first-order chi connectivity index (χ1) is 26.3. The highest BCUT2D eigenvalue weighted by Gasteiger charge is 2.62. The van der Waals surface area contributed by atoms with Crippen LogP contribution in [0.3, 0.4) is 0 Å². The number of nitrogens with zero attached hydrogens (tertiary/aromatic N) is 2. The fraction of sp³-hybridized carbons (Fsp3) is 0.300. The molecular formula is C40H33BrCl2N6O6. The van der Waals surface area contributed by atoms with Crippen LogP contribution in [0.15, 0.2) is 61.8 Å². The van der Waals surface area contributed by atoms with Crippen LogP contribution in [0.1, 0.15) is 62.1 Å². The molecule has 1 spiro atoms. The molecule has 55 heavy (non-hydrogen) atoms. The van der Waals surface area contributed by atoms with Crippen molar-refractivity contribution in [2.24, 2.45) is 11.8 Å². The second kappa shape index (κ2) is 12.1. The minimum atomic E-state index is -1.30. The number of anilines is 1. The molecule has 1 unspecified atom stereocenters. The van der Waals surface area contributed by atoms with Gasteiger partial charge in [-0.15, -0.1) is 0 Å². The standard InChI is InChI=1S/C40H33BrCl2N6O6/c1-14(2)27-37-47-29-32(55-37)40-20-10-16(11-23(35(51)46-27)45-36(52)30(50)15(3)4)8-9-24(20)53-39(40)48-28-19(12-17(41)13-21(28)40)18-6-5-7-22-25(18)26(33(42)44-22)31-34(43)49-38(29)54-31/h5-10,12-15,23,27,30,39,44,48,50H,11H2,1-4H3,(H,45,52)(H,46,51)/t23-,27-,30-,39?,40+/m0/s1. The van der Waals surface area contributed by atoms with Gasteiger partial charge in [-0.2, -0.15) is 4.98 Å². The molecule has 12 nitrogen and oxygen atoms in total. The maximum atomic E-state index is 14.2. The van der Waals surface area contributed by atoms with Crippen molar-refractivity contribution in [1.82, 2.24) is 25.6 Å². The SMILES string of the molecule is CC(C)[C@H](O)C(=O)N[C@H]1Cc2ccc3c(c2)[C@]24c5cc(Br)cc(c5NC2O3)-c2cccc3[nH]c(Cl)c(c23)-c2oc(nc2Cl)-c2nc(oc24)[C@H](C(C)C)NC1=O. The lowest BCUT2D eigenvalue weighted by Gasteiger charge is -2.29. The number of carbonyl (C=O) groups is 2. The Labute approximate surface area is 332 Å². The zero-order valence-corrected chi connectivity index (χ0v) is 32.9. The Balaban J connectivity index is 1.31. The first-order valence-corrected chi connectivity index (χ1v) is 19.6. The topological polar surface area (TPSA) is 168 Å². The number of aliphatic hydroxyl groups is 1. The molecule has 2 amide bonds. The molecule has 5 atom stereocenters. The van der Waals surface area contributed by atoms with E-state index in [1.54, 1.807) is 13.8 Å². The van der Waals surface area contributed by atoms with Gasteiger partial charge in [-0.25, -0.2) is 4.98 Å². The molecule has 0 fully saturated rings. The Morgan fingerprint density at radius 2 is 1.85 bits per heavy atom. The lowest BCUT2D eigenvalue weighted by Crippen LogP contribution is -2.52. The summed E-state index contributed by atoms with van der Waals surface area (Å²) >= 11 is 17.8. The van der Waals surface area contributed by atoms with Crippen LogP contribution in [0.25, 0.3) is 44.9 Å². The van der Waals surface area contributed by atoms with Crippen molar-refractivity contribution in [2.45, 2.75) is 63.9 Å². The Kier molecular flexibility index (Phi) is 7.62. The van der Waals surface area contributed by atoms with Crippen molar-refractivity contribution in [3.05, 3.63) is 91.7 Å². The number of hydrogen-bond donors (Lipinski definition) is 5. The van der Waals surface area contributed by atoms with Gasteiger partial charge in [-0.1, -0.05) is 91.1 Å². The number of oxazole rings is 2. The van der Waals surface area contributed by atoms with E-state index >= 15 is 0 Å². The van der Waals surface area contributed by atoms with Crippen molar-refractivity contribution in [2.75, 3.05) is 5.32 Å². The van der Waals surface area contributed by atoms with Crippen molar-refractivity contribution >= 4 is 67.5 Å². The summed E-state index contributed by atoms with van der Waals surface area (Å²) in [5.41, 5.74) is 5.28. The Hall–Kier alpha value is -4.82.